The summed E-state index contributed by atoms with van der Waals surface area (Å²) in [7, 11) is 0. The highest BCUT2D eigenvalue weighted by atomic mass is 32.1. The second kappa shape index (κ2) is 7.72. The van der Waals surface area contributed by atoms with Crippen molar-refractivity contribution in [3.05, 3.63) is 115 Å². The third-order valence-corrected chi connectivity index (χ3v) is 5.63. The van der Waals surface area contributed by atoms with E-state index in [0.29, 0.717) is 5.11 Å². The van der Waals surface area contributed by atoms with Crippen LogP contribution in [-0.4, -0.2) is 14.7 Å². The van der Waals surface area contributed by atoms with Gasteiger partial charge < -0.3 is 14.8 Å². The van der Waals surface area contributed by atoms with E-state index in [4.69, 9.17) is 12.2 Å². The van der Waals surface area contributed by atoms with Crippen LogP contribution >= 0.6 is 12.2 Å². The first kappa shape index (κ1) is 18.5. The average Bonchev–Trinajstić information content (AvgIpc) is 3.40. The van der Waals surface area contributed by atoms with Gasteiger partial charge in [-0.25, -0.2) is 4.39 Å². The van der Waals surface area contributed by atoms with Gasteiger partial charge in [0.2, 0.25) is 0 Å². The normalized spacial score (nSPS) is 18.4. The molecule has 2 aromatic carbocycles. The number of hydrogen-bond acceptors (Lipinski definition) is 2. The largest absolute Gasteiger partial charge is 0.351 e. The van der Waals surface area contributed by atoms with Crippen molar-refractivity contribution in [3.8, 4) is 5.69 Å². The first-order valence-electron chi connectivity index (χ1n) is 9.70. The zero-order chi connectivity index (χ0) is 20.5. The minimum absolute atomic E-state index is 0.122. The van der Waals surface area contributed by atoms with E-state index in [-0.39, 0.29) is 17.9 Å². The van der Waals surface area contributed by atoms with Crippen LogP contribution in [0.5, 0.6) is 0 Å². The van der Waals surface area contributed by atoms with Crippen LogP contribution in [0.1, 0.15) is 23.3 Å². The van der Waals surface area contributed by atoms with E-state index in [1.165, 1.54) is 12.1 Å². The van der Waals surface area contributed by atoms with Gasteiger partial charge in [-0.2, -0.15) is 0 Å². The van der Waals surface area contributed by atoms with Gasteiger partial charge in [-0.05, 0) is 72.4 Å². The van der Waals surface area contributed by atoms with Gasteiger partial charge in [0.25, 0.3) is 0 Å². The van der Waals surface area contributed by atoms with E-state index < -0.39 is 0 Å². The Hall–Kier alpha value is -3.51. The molecule has 4 nitrogen and oxygen atoms in total. The molecule has 0 bridgehead atoms. The average molecular weight is 415 g/mol. The van der Waals surface area contributed by atoms with Crippen molar-refractivity contribution in [1.29, 1.82) is 0 Å². The molecule has 1 aliphatic heterocycles. The van der Waals surface area contributed by atoms with Crippen LogP contribution in [0.25, 0.3) is 5.69 Å². The molecule has 0 spiro atoms. The topological polar surface area (TPSA) is 33.1 Å². The second-order valence-electron chi connectivity index (χ2n) is 7.16. The lowest BCUT2D eigenvalue weighted by Crippen LogP contribution is -2.29. The monoisotopic (exact) mass is 414 g/mol. The Morgan fingerprint density at radius 2 is 1.63 bits per heavy atom. The fourth-order valence-electron chi connectivity index (χ4n) is 3.92. The van der Waals surface area contributed by atoms with E-state index in [1.54, 1.807) is 18.3 Å². The van der Waals surface area contributed by atoms with E-state index in [1.807, 2.05) is 47.5 Å². The third-order valence-electron chi connectivity index (χ3n) is 5.31. The van der Waals surface area contributed by atoms with E-state index in [2.05, 4.69) is 39.3 Å². The maximum atomic E-state index is 13.5. The fraction of sp³-hybridized carbons (Fsp3) is 0.0833. The molecule has 1 aliphatic rings. The molecule has 5 rings (SSSR count). The van der Waals surface area contributed by atoms with Crippen molar-refractivity contribution < 1.29 is 4.39 Å². The zero-order valence-corrected chi connectivity index (χ0v) is 16.8. The van der Waals surface area contributed by atoms with Gasteiger partial charge in [-0.3, -0.25) is 4.98 Å². The predicted octanol–water partition coefficient (Wildman–Crippen LogP) is 5.19. The van der Waals surface area contributed by atoms with Crippen LogP contribution < -0.4 is 10.2 Å². The Kier molecular flexibility index (Phi) is 4.77. The number of nitrogens with zero attached hydrogens (tertiary/aromatic N) is 3. The third kappa shape index (κ3) is 3.35. The minimum atomic E-state index is -0.273. The number of para-hydroxylation sites is 1. The summed E-state index contributed by atoms with van der Waals surface area (Å²) in [5, 5.41) is 4.02. The Morgan fingerprint density at radius 1 is 0.867 bits per heavy atom. The number of pyridine rings is 1. The van der Waals surface area contributed by atoms with E-state index in [9.17, 15) is 4.39 Å². The minimum Gasteiger partial charge on any atom is -0.351 e. The first-order chi connectivity index (χ1) is 14.7. The molecule has 0 radical (unpaired) electrons. The number of nitrogens with one attached hydrogen (secondary N) is 1. The van der Waals surface area contributed by atoms with Crippen molar-refractivity contribution in [2.45, 2.75) is 12.1 Å². The summed E-state index contributed by atoms with van der Waals surface area (Å²) in [6.45, 7) is 0. The number of benzene rings is 2. The quantitative estimate of drug-likeness (QED) is 0.466. The molecule has 148 valence electrons. The highest BCUT2D eigenvalue weighted by Gasteiger charge is 2.41. The molecule has 0 amide bonds. The SMILES string of the molecule is Fc1ccc(N2C(=S)N[C@@H](c3ccccn3)[C@@H]2c2ccn(-c3ccccc3)c2)cc1. The number of hydrogen-bond donors (Lipinski definition) is 1. The maximum absolute atomic E-state index is 13.5. The molecule has 3 heterocycles. The molecule has 1 fully saturated rings. The van der Waals surface area contributed by atoms with Gasteiger partial charge >= 0.3 is 0 Å². The molecule has 2 atom stereocenters. The molecule has 30 heavy (non-hydrogen) atoms. The lowest BCUT2D eigenvalue weighted by Gasteiger charge is -2.27. The summed E-state index contributed by atoms with van der Waals surface area (Å²) >= 11 is 5.70. The highest BCUT2D eigenvalue weighted by molar-refractivity contribution is 7.80. The van der Waals surface area contributed by atoms with Crippen molar-refractivity contribution >= 4 is 23.0 Å². The Labute approximate surface area is 179 Å². The maximum Gasteiger partial charge on any atom is 0.174 e. The highest BCUT2D eigenvalue weighted by Crippen LogP contribution is 2.41. The number of aromatic nitrogens is 2. The summed E-state index contributed by atoms with van der Waals surface area (Å²) in [6.07, 6.45) is 5.94. The lowest BCUT2D eigenvalue weighted by atomic mass is 9.98. The molecule has 0 aliphatic carbocycles. The zero-order valence-electron chi connectivity index (χ0n) is 16.0. The summed E-state index contributed by atoms with van der Waals surface area (Å²) in [5.41, 5.74) is 3.91. The molecule has 4 aromatic rings. The molecule has 2 aromatic heterocycles. The van der Waals surface area contributed by atoms with Crippen molar-refractivity contribution in [3.63, 3.8) is 0 Å². The van der Waals surface area contributed by atoms with Gasteiger partial charge in [0.15, 0.2) is 5.11 Å². The van der Waals surface area contributed by atoms with Crippen LogP contribution in [0, 0.1) is 5.82 Å². The predicted molar refractivity (Wildman–Crippen MR) is 120 cm³/mol. The van der Waals surface area contributed by atoms with Crippen molar-refractivity contribution in [1.82, 2.24) is 14.9 Å². The van der Waals surface area contributed by atoms with Crippen molar-refractivity contribution in [2.75, 3.05) is 4.90 Å². The number of anilines is 1. The summed E-state index contributed by atoms with van der Waals surface area (Å²) < 4.78 is 15.6. The van der Waals surface area contributed by atoms with Crippen LogP contribution in [0.15, 0.2) is 97.5 Å². The van der Waals surface area contributed by atoms with Gasteiger partial charge in [0, 0.05) is 30.0 Å². The van der Waals surface area contributed by atoms with Gasteiger partial charge in [-0.15, -0.1) is 0 Å². The summed E-state index contributed by atoms with van der Waals surface area (Å²) in [5.74, 6) is -0.273. The fourth-order valence-corrected chi connectivity index (χ4v) is 4.27. The molecule has 1 N–H and O–H groups in total. The Bertz CT molecular complexity index is 1160. The van der Waals surface area contributed by atoms with Crippen molar-refractivity contribution in [2.24, 2.45) is 0 Å². The summed E-state index contributed by atoms with van der Waals surface area (Å²) in [4.78, 5) is 6.60. The number of halogens is 1. The smallest absolute Gasteiger partial charge is 0.174 e. The van der Waals surface area contributed by atoms with Crippen LogP contribution in [-0.2, 0) is 0 Å². The van der Waals surface area contributed by atoms with Crippen LogP contribution in [0.4, 0.5) is 10.1 Å². The molecule has 6 heteroatoms. The van der Waals surface area contributed by atoms with E-state index >= 15 is 0 Å². The van der Waals surface area contributed by atoms with Crippen LogP contribution in [0.2, 0.25) is 0 Å². The van der Waals surface area contributed by atoms with Gasteiger partial charge in [0.05, 0.1) is 17.8 Å². The van der Waals surface area contributed by atoms with Gasteiger partial charge in [0.1, 0.15) is 5.82 Å². The van der Waals surface area contributed by atoms with E-state index in [0.717, 1.165) is 22.6 Å². The Balaban J connectivity index is 1.60. The lowest BCUT2D eigenvalue weighted by molar-refractivity contribution is 0.567. The molecule has 0 saturated carbocycles. The van der Waals surface area contributed by atoms with Crippen LogP contribution in [0.3, 0.4) is 0 Å². The Morgan fingerprint density at radius 3 is 2.37 bits per heavy atom. The molecule has 0 unspecified atom stereocenters. The number of rotatable bonds is 4. The van der Waals surface area contributed by atoms with Gasteiger partial charge in [-0.1, -0.05) is 24.3 Å². The molecular formula is C24H19FN4S. The molecular weight excluding hydrogens is 395 g/mol. The first-order valence-corrected chi connectivity index (χ1v) is 10.1. The number of thiocarbonyl (C=S) groups is 1. The summed E-state index contributed by atoms with van der Waals surface area (Å²) in [6, 6.07) is 24.3. The second-order valence-corrected chi connectivity index (χ2v) is 7.55. The molecule has 1 saturated heterocycles. The standard InChI is InChI=1S/C24H19FN4S/c25-18-9-11-20(12-10-18)29-23(22(27-24(29)30)21-8-4-5-14-26-21)17-13-15-28(16-17)19-6-2-1-3-7-19/h1-16,22-23H,(H,27,30)/t22-,23-/m0/s1.